The van der Waals surface area contributed by atoms with Gasteiger partial charge in [-0.25, -0.2) is 8.42 Å². The molecule has 0 amide bonds. The molecule has 2 aliphatic carbocycles. The highest BCUT2D eigenvalue weighted by Crippen LogP contribution is 2.80. The molecule has 4 nitrogen and oxygen atoms in total. The molecule has 0 aromatic rings. The quantitative estimate of drug-likeness (QED) is 0.584. The molecule has 15 heavy (non-hydrogen) atoms. The van der Waals surface area contributed by atoms with Gasteiger partial charge >= 0.3 is 0 Å². The number of sulfonamides is 1. The Balaban J connectivity index is 1.99. The summed E-state index contributed by atoms with van der Waals surface area (Å²) in [5.74, 6) is 0.946. The Morgan fingerprint density at radius 3 is 2.67 bits per heavy atom. The summed E-state index contributed by atoms with van der Waals surface area (Å²) in [6.07, 6.45) is 3.10. The third kappa shape index (κ3) is 0.626. The summed E-state index contributed by atoms with van der Waals surface area (Å²) in [4.78, 5) is 5.49. The molecule has 2 unspecified atom stereocenters. The van der Waals surface area contributed by atoms with Crippen LogP contribution in [0.3, 0.4) is 0 Å². The Morgan fingerprint density at radius 2 is 2.13 bits per heavy atom. The molecular formula is C10H15NO3S. The molecule has 2 saturated carbocycles. The van der Waals surface area contributed by atoms with Gasteiger partial charge in [0.25, 0.3) is 0 Å². The Labute approximate surface area is 89.6 Å². The van der Waals surface area contributed by atoms with Crippen LogP contribution < -0.4 is 0 Å². The van der Waals surface area contributed by atoms with E-state index in [-0.39, 0.29) is 10.8 Å². The standard InChI is InChI=1S/C10H15NO3S/c1-8(2)7-3-4-9(8)6-15(12,13)11-10(9,5-7)14-11/h7H,3-6H2,1-2H3/t7-,9?,10+,11?/m0/s1. The van der Waals surface area contributed by atoms with Gasteiger partial charge in [0.05, 0.1) is 5.75 Å². The fourth-order valence-electron chi connectivity index (χ4n) is 4.59. The smallest absolute Gasteiger partial charge is 0.239 e. The van der Waals surface area contributed by atoms with Crippen molar-refractivity contribution in [2.24, 2.45) is 16.7 Å². The lowest BCUT2D eigenvalue weighted by molar-refractivity contribution is 0.0724. The van der Waals surface area contributed by atoms with E-state index in [1.54, 1.807) is 0 Å². The highest BCUT2D eigenvalue weighted by atomic mass is 32.2. The molecule has 4 fully saturated rings. The van der Waals surface area contributed by atoms with Crippen molar-refractivity contribution < 1.29 is 13.3 Å². The van der Waals surface area contributed by atoms with Crippen molar-refractivity contribution in [3.63, 3.8) is 0 Å². The lowest BCUT2D eigenvalue weighted by Crippen LogP contribution is -2.41. The van der Waals surface area contributed by atoms with Crippen molar-refractivity contribution in [2.45, 2.75) is 38.8 Å². The second-order valence-corrected chi connectivity index (χ2v) is 7.89. The van der Waals surface area contributed by atoms with Gasteiger partial charge in [-0.3, -0.25) is 4.84 Å². The molecule has 2 bridgehead atoms. The molecule has 2 aliphatic heterocycles. The largest absolute Gasteiger partial charge is 0.255 e. The van der Waals surface area contributed by atoms with Crippen molar-refractivity contribution in [3.8, 4) is 0 Å². The van der Waals surface area contributed by atoms with Crippen molar-refractivity contribution >= 4 is 10.0 Å². The molecule has 4 atom stereocenters. The molecular weight excluding hydrogens is 214 g/mol. The number of hydrogen-bond acceptors (Lipinski definition) is 3. The lowest BCUT2D eigenvalue weighted by atomic mass is 9.68. The molecule has 4 aliphatic rings. The maximum absolute atomic E-state index is 11.9. The van der Waals surface area contributed by atoms with Crippen LogP contribution in [-0.2, 0) is 14.9 Å². The van der Waals surface area contributed by atoms with Gasteiger partial charge in [-0.05, 0) is 35.1 Å². The highest BCUT2D eigenvalue weighted by Gasteiger charge is 2.88. The molecule has 2 saturated heterocycles. The minimum Gasteiger partial charge on any atom is -0.255 e. The summed E-state index contributed by atoms with van der Waals surface area (Å²) in [7, 11) is -3.12. The monoisotopic (exact) mass is 229 g/mol. The van der Waals surface area contributed by atoms with Crippen LogP contribution in [0.1, 0.15) is 33.1 Å². The van der Waals surface area contributed by atoms with E-state index in [9.17, 15) is 8.42 Å². The fourth-order valence-corrected chi connectivity index (χ4v) is 7.01. The zero-order chi connectivity index (χ0) is 10.7. The van der Waals surface area contributed by atoms with E-state index in [2.05, 4.69) is 13.8 Å². The average molecular weight is 229 g/mol. The Morgan fingerprint density at radius 1 is 1.40 bits per heavy atom. The SMILES string of the molecule is CC1(C)[C@H]2CCC13CS(=O)(=O)N1O[C@@]13C2. The summed E-state index contributed by atoms with van der Waals surface area (Å²) in [6.45, 7) is 4.44. The zero-order valence-corrected chi connectivity index (χ0v) is 9.80. The van der Waals surface area contributed by atoms with Crippen LogP contribution in [0.15, 0.2) is 0 Å². The first-order valence-electron chi connectivity index (χ1n) is 5.58. The Bertz CT molecular complexity index is 471. The first kappa shape index (κ1) is 8.96. The van der Waals surface area contributed by atoms with Crippen LogP contribution >= 0.6 is 0 Å². The third-order valence-corrected chi connectivity index (χ3v) is 7.35. The van der Waals surface area contributed by atoms with Gasteiger partial charge in [0.15, 0.2) is 5.72 Å². The summed E-state index contributed by atoms with van der Waals surface area (Å²) in [5, 5.41) is 0. The number of hydroxylamine groups is 1. The molecule has 0 aromatic heterocycles. The fraction of sp³-hybridized carbons (Fsp3) is 1.00. The topological polar surface area (TPSA) is 49.7 Å². The van der Waals surface area contributed by atoms with Crippen LogP contribution in [0.5, 0.6) is 0 Å². The van der Waals surface area contributed by atoms with E-state index in [4.69, 9.17) is 4.84 Å². The average Bonchev–Trinajstić information content (AvgIpc) is 2.70. The van der Waals surface area contributed by atoms with E-state index in [0.29, 0.717) is 11.7 Å². The summed E-state index contributed by atoms with van der Waals surface area (Å²) >= 11 is 0. The van der Waals surface area contributed by atoms with Gasteiger partial charge in [-0.1, -0.05) is 13.8 Å². The first-order valence-corrected chi connectivity index (χ1v) is 7.19. The number of nitrogens with zero attached hydrogens (tertiary/aromatic N) is 1. The summed E-state index contributed by atoms with van der Waals surface area (Å²) in [5.41, 5.74) is -0.424. The zero-order valence-electron chi connectivity index (χ0n) is 8.99. The van der Waals surface area contributed by atoms with Crippen molar-refractivity contribution in [2.75, 3.05) is 5.75 Å². The normalized spacial score (nSPS) is 61.5. The predicted molar refractivity (Wildman–Crippen MR) is 53.0 cm³/mol. The molecule has 0 N–H and O–H groups in total. The van der Waals surface area contributed by atoms with Crippen LogP contribution in [0.25, 0.3) is 0 Å². The Kier molecular flexibility index (Phi) is 1.13. The van der Waals surface area contributed by atoms with Gasteiger partial charge in [-0.15, -0.1) is 0 Å². The summed E-state index contributed by atoms with van der Waals surface area (Å²) < 4.78 is 25.1. The molecule has 2 heterocycles. The second-order valence-electron chi connectivity index (χ2n) is 6.10. The van der Waals surface area contributed by atoms with Crippen LogP contribution in [0, 0.1) is 16.7 Å². The van der Waals surface area contributed by atoms with Gasteiger partial charge in [0, 0.05) is 5.41 Å². The maximum atomic E-state index is 11.9. The lowest BCUT2D eigenvalue weighted by Gasteiger charge is -2.36. The maximum Gasteiger partial charge on any atom is 0.239 e. The number of fused-ring (bicyclic) bond motifs is 1. The minimum absolute atomic E-state index is 0.116. The van der Waals surface area contributed by atoms with E-state index in [1.807, 2.05) is 0 Å². The number of hydrogen-bond donors (Lipinski definition) is 0. The van der Waals surface area contributed by atoms with Crippen LogP contribution in [0.4, 0.5) is 0 Å². The number of rotatable bonds is 0. The first-order chi connectivity index (χ1) is 6.86. The molecule has 2 spiro atoms. The summed E-state index contributed by atoms with van der Waals surface area (Å²) in [6, 6.07) is 0. The van der Waals surface area contributed by atoms with E-state index >= 15 is 0 Å². The van der Waals surface area contributed by atoms with Crippen LogP contribution in [0.2, 0.25) is 0 Å². The van der Waals surface area contributed by atoms with Crippen LogP contribution in [-0.4, -0.2) is 24.4 Å². The van der Waals surface area contributed by atoms with Crippen molar-refractivity contribution in [1.82, 2.24) is 4.47 Å². The molecule has 5 heteroatoms. The highest BCUT2D eigenvalue weighted by molar-refractivity contribution is 7.89. The van der Waals surface area contributed by atoms with Gasteiger partial charge < -0.3 is 0 Å². The second kappa shape index (κ2) is 1.89. The predicted octanol–water partition coefficient (Wildman–Crippen LogP) is 1.10. The molecule has 0 aromatic carbocycles. The van der Waals surface area contributed by atoms with E-state index < -0.39 is 15.7 Å². The molecule has 84 valence electrons. The Hall–Kier alpha value is -0.130. The van der Waals surface area contributed by atoms with Crippen molar-refractivity contribution in [3.05, 3.63) is 0 Å². The minimum atomic E-state index is -3.12. The molecule has 0 radical (unpaired) electrons. The van der Waals surface area contributed by atoms with E-state index in [1.165, 1.54) is 10.9 Å². The van der Waals surface area contributed by atoms with Gasteiger partial charge in [0.2, 0.25) is 10.0 Å². The van der Waals surface area contributed by atoms with E-state index in [0.717, 1.165) is 12.8 Å². The van der Waals surface area contributed by atoms with Gasteiger partial charge in [-0.2, -0.15) is 0 Å². The third-order valence-electron chi connectivity index (χ3n) is 5.62. The molecule has 4 rings (SSSR count). The van der Waals surface area contributed by atoms with Crippen molar-refractivity contribution in [1.29, 1.82) is 0 Å². The van der Waals surface area contributed by atoms with Gasteiger partial charge in [0.1, 0.15) is 0 Å².